The van der Waals surface area contributed by atoms with Gasteiger partial charge in [0.15, 0.2) is 6.29 Å². The highest BCUT2D eigenvalue weighted by molar-refractivity contribution is 5.80. The van der Waals surface area contributed by atoms with Crippen LogP contribution in [0.5, 0.6) is 0 Å². The lowest BCUT2D eigenvalue weighted by Gasteiger charge is -2.40. The molecule has 0 radical (unpaired) electrons. The van der Waals surface area contributed by atoms with Crippen LogP contribution in [0.2, 0.25) is 0 Å². The van der Waals surface area contributed by atoms with Gasteiger partial charge in [-0.3, -0.25) is 4.79 Å². The Morgan fingerprint density at radius 1 is 0.442 bits per heavy atom. The molecule has 0 saturated carbocycles. The minimum absolute atomic E-state index is 0.239. The first kappa shape index (κ1) is 73.1. The topological polar surface area (TPSA) is 189 Å². The molecule has 0 spiro atoms. The molecule has 9 unspecified atom stereocenters. The van der Waals surface area contributed by atoms with E-state index in [4.69, 9.17) is 9.47 Å². The number of hydrogen-bond acceptors (Lipinski definition) is 10. The normalized spacial score (nSPS) is 19.8. The van der Waals surface area contributed by atoms with E-state index in [9.17, 15) is 40.5 Å². The Balaban J connectivity index is 2.27. The first-order valence-electron chi connectivity index (χ1n) is 32.5. The monoisotopic (exact) mass is 1090 g/mol. The molecule has 11 heteroatoms. The van der Waals surface area contributed by atoms with Crippen LogP contribution in [0.1, 0.15) is 296 Å². The fourth-order valence-electron chi connectivity index (χ4n) is 10.3. The zero-order chi connectivity index (χ0) is 56.1. The third-order valence-corrected chi connectivity index (χ3v) is 15.6. The van der Waals surface area contributed by atoms with Crippen LogP contribution < -0.4 is 5.32 Å². The SMILES string of the molecule is CCCCCCCCCC/C=C\CCCCCCCCC(O)C(=O)NC(COC1OC(CO)C(O)C(O)C1O)C(O)C(O)CCC/C=C/CC/C=C/CC/C=C/CCCCCCCCCCCCCCCCCCCCC. The number of nitrogens with one attached hydrogen (secondary N) is 1. The molecule has 0 aliphatic carbocycles. The predicted octanol–water partition coefficient (Wildman–Crippen LogP) is 14.8. The summed E-state index contributed by atoms with van der Waals surface area (Å²) in [6.45, 7) is 3.46. The van der Waals surface area contributed by atoms with Crippen molar-refractivity contribution < 1.29 is 50.0 Å². The van der Waals surface area contributed by atoms with Crippen LogP contribution in [0.15, 0.2) is 48.6 Å². The number of rotatable bonds is 56. The molecule has 9 atom stereocenters. The zero-order valence-electron chi connectivity index (χ0n) is 49.7. The highest BCUT2D eigenvalue weighted by atomic mass is 16.7. The van der Waals surface area contributed by atoms with Gasteiger partial charge in [-0.25, -0.2) is 0 Å². The molecular formula is C66H123NO10. The molecule has 1 rings (SSSR count). The van der Waals surface area contributed by atoms with E-state index in [-0.39, 0.29) is 12.8 Å². The van der Waals surface area contributed by atoms with Gasteiger partial charge in [-0.05, 0) is 89.9 Å². The van der Waals surface area contributed by atoms with Crippen molar-refractivity contribution in [3.05, 3.63) is 48.6 Å². The smallest absolute Gasteiger partial charge is 0.249 e. The maximum Gasteiger partial charge on any atom is 0.249 e. The molecule has 1 amide bonds. The van der Waals surface area contributed by atoms with Crippen LogP contribution in [0.4, 0.5) is 0 Å². The molecule has 0 bridgehead atoms. The molecule has 1 aliphatic rings. The molecule has 1 heterocycles. The van der Waals surface area contributed by atoms with E-state index in [1.165, 1.54) is 186 Å². The van der Waals surface area contributed by atoms with Crippen molar-refractivity contribution in [2.45, 2.75) is 351 Å². The van der Waals surface area contributed by atoms with E-state index in [1.54, 1.807) is 0 Å². The lowest BCUT2D eigenvalue weighted by molar-refractivity contribution is -0.303. The van der Waals surface area contributed by atoms with E-state index < -0.39 is 74.2 Å². The van der Waals surface area contributed by atoms with Crippen molar-refractivity contribution in [3.63, 3.8) is 0 Å². The van der Waals surface area contributed by atoms with E-state index in [0.717, 1.165) is 64.2 Å². The first-order valence-corrected chi connectivity index (χ1v) is 32.5. The number of ether oxygens (including phenoxy) is 2. The number of unbranched alkanes of at least 4 members (excludes halogenated alkanes) is 36. The Labute approximate surface area is 472 Å². The Morgan fingerprint density at radius 3 is 1.16 bits per heavy atom. The van der Waals surface area contributed by atoms with Crippen molar-refractivity contribution in [2.24, 2.45) is 0 Å². The van der Waals surface area contributed by atoms with Crippen LogP contribution in [0.3, 0.4) is 0 Å². The van der Waals surface area contributed by atoms with Gasteiger partial charge in [0, 0.05) is 0 Å². The second-order valence-electron chi connectivity index (χ2n) is 22.8. The van der Waals surface area contributed by atoms with E-state index in [1.807, 2.05) is 0 Å². The Bertz CT molecular complexity index is 1390. The number of carbonyl (C=O) groups is 1. The van der Waals surface area contributed by atoms with Gasteiger partial charge < -0.3 is 50.5 Å². The average molecular weight is 1090 g/mol. The summed E-state index contributed by atoms with van der Waals surface area (Å²) >= 11 is 0. The van der Waals surface area contributed by atoms with E-state index in [0.29, 0.717) is 19.3 Å². The molecule has 0 aromatic carbocycles. The molecular weight excluding hydrogens is 967 g/mol. The molecule has 8 N–H and O–H groups in total. The van der Waals surface area contributed by atoms with E-state index >= 15 is 0 Å². The Kier molecular flexibility index (Phi) is 51.9. The van der Waals surface area contributed by atoms with Crippen LogP contribution in [-0.2, 0) is 14.3 Å². The number of amides is 1. The summed E-state index contributed by atoms with van der Waals surface area (Å²) in [7, 11) is 0. The van der Waals surface area contributed by atoms with Gasteiger partial charge in [0.1, 0.15) is 36.6 Å². The zero-order valence-corrected chi connectivity index (χ0v) is 49.7. The molecule has 0 aromatic rings. The largest absolute Gasteiger partial charge is 0.394 e. The average Bonchev–Trinajstić information content (AvgIpc) is 3.43. The van der Waals surface area contributed by atoms with Gasteiger partial charge in [0.05, 0.1) is 25.4 Å². The third kappa shape index (κ3) is 42.6. The quantitative estimate of drug-likeness (QED) is 0.0215. The fourth-order valence-corrected chi connectivity index (χ4v) is 10.3. The van der Waals surface area contributed by atoms with Crippen LogP contribution >= 0.6 is 0 Å². The van der Waals surface area contributed by atoms with Crippen LogP contribution in [-0.4, -0.2) is 110 Å². The summed E-state index contributed by atoms with van der Waals surface area (Å²) in [5.41, 5.74) is 0. The maximum absolute atomic E-state index is 13.2. The predicted molar refractivity (Wildman–Crippen MR) is 321 cm³/mol. The number of aliphatic hydroxyl groups is 7. The number of carbonyl (C=O) groups excluding carboxylic acids is 1. The second-order valence-corrected chi connectivity index (χ2v) is 22.8. The van der Waals surface area contributed by atoms with Gasteiger partial charge in [0.2, 0.25) is 5.91 Å². The highest BCUT2D eigenvalue weighted by Crippen LogP contribution is 2.23. The summed E-state index contributed by atoms with van der Waals surface area (Å²) in [4.78, 5) is 13.2. The van der Waals surface area contributed by atoms with Crippen molar-refractivity contribution in [3.8, 4) is 0 Å². The summed E-state index contributed by atoms with van der Waals surface area (Å²) in [5, 5.41) is 76.2. The van der Waals surface area contributed by atoms with Crippen LogP contribution in [0.25, 0.3) is 0 Å². The van der Waals surface area contributed by atoms with Gasteiger partial charge in [-0.1, -0.05) is 255 Å². The Hall–Kier alpha value is -1.93. The minimum atomic E-state index is -1.68. The molecule has 1 saturated heterocycles. The lowest BCUT2D eigenvalue weighted by Crippen LogP contribution is -2.60. The molecule has 77 heavy (non-hydrogen) atoms. The van der Waals surface area contributed by atoms with Gasteiger partial charge in [-0.2, -0.15) is 0 Å². The molecule has 452 valence electrons. The lowest BCUT2D eigenvalue weighted by atomic mass is 9.98. The maximum atomic E-state index is 13.2. The highest BCUT2D eigenvalue weighted by Gasteiger charge is 2.44. The summed E-state index contributed by atoms with van der Waals surface area (Å²) in [6.07, 6.45) is 59.1. The fraction of sp³-hybridized carbons (Fsp3) is 0.864. The number of aliphatic hydroxyl groups excluding tert-OH is 7. The molecule has 11 nitrogen and oxygen atoms in total. The molecule has 1 fully saturated rings. The summed E-state index contributed by atoms with van der Waals surface area (Å²) in [5.74, 6) is -0.716. The third-order valence-electron chi connectivity index (χ3n) is 15.6. The standard InChI is InChI=1S/C66H123NO10/c1-3-5-7-9-11-13-15-17-19-21-23-24-25-26-27-28-29-30-31-32-33-34-35-36-38-39-41-43-45-47-49-51-53-58(69)61(71)57(56-76-66-64(74)63(73)62(72)60(55-68)77-66)67-65(75)59(70)54-52-50-48-46-44-42-40-37-22-20-18-16-14-12-10-8-6-4-2/h22,33-34,37-39,45,47,57-64,66,68-74H,3-21,23-32,35-36,40-44,46,48-56H2,1-2H3,(H,67,75)/b34-33+,37-22-,39-38+,47-45+. The van der Waals surface area contributed by atoms with Gasteiger partial charge in [0.25, 0.3) is 0 Å². The summed E-state index contributed by atoms with van der Waals surface area (Å²) in [6, 6.07) is -1.20. The van der Waals surface area contributed by atoms with Gasteiger partial charge >= 0.3 is 0 Å². The number of hydrogen-bond donors (Lipinski definition) is 8. The second kappa shape index (κ2) is 54.6. The first-order chi connectivity index (χ1) is 37.7. The number of allylic oxidation sites excluding steroid dienone is 8. The van der Waals surface area contributed by atoms with Crippen molar-refractivity contribution in [1.29, 1.82) is 0 Å². The van der Waals surface area contributed by atoms with Gasteiger partial charge in [-0.15, -0.1) is 0 Å². The minimum Gasteiger partial charge on any atom is -0.394 e. The van der Waals surface area contributed by atoms with Crippen LogP contribution in [0, 0.1) is 0 Å². The van der Waals surface area contributed by atoms with E-state index in [2.05, 4.69) is 67.8 Å². The van der Waals surface area contributed by atoms with Crippen molar-refractivity contribution >= 4 is 5.91 Å². The van der Waals surface area contributed by atoms with Crippen molar-refractivity contribution in [1.82, 2.24) is 5.32 Å². The Morgan fingerprint density at radius 2 is 0.779 bits per heavy atom. The summed E-state index contributed by atoms with van der Waals surface area (Å²) < 4.78 is 11.1. The molecule has 0 aromatic heterocycles. The van der Waals surface area contributed by atoms with Crippen molar-refractivity contribution in [2.75, 3.05) is 13.2 Å². The molecule has 1 aliphatic heterocycles.